The van der Waals surface area contributed by atoms with Gasteiger partial charge in [0.1, 0.15) is 4.21 Å². The number of sulfonamides is 1. The standard InChI is InChI=1S/C11H21N3O2S2/c1-9(14(3)4)7-13-18(15,16)11-6-5-10(17-11)8-12-2/h5-6,9,12-13H,7-8H2,1-4H3. The van der Waals surface area contributed by atoms with E-state index in [9.17, 15) is 8.42 Å². The molecule has 0 bridgehead atoms. The minimum atomic E-state index is -3.37. The third-order valence-electron chi connectivity index (χ3n) is 2.70. The van der Waals surface area contributed by atoms with E-state index in [-0.39, 0.29) is 6.04 Å². The zero-order valence-electron chi connectivity index (χ0n) is 11.2. The average molecular weight is 291 g/mol. The molecule has 1 rings (SSSR count). The molecule has 0 fully saturated rings. The lowest BCUT2D eigenvalue weighted by Gasteiger charge is -2.19. The van der Waals surface area contributed by atoms with E-state index in [1.165, 1.54) is 11.3 Å². The van der Waals surface area contributed by atoms with Crippen molar-refractivity contribution in [3.8, 4) is 0 Å². The van der Waals surface area contributed by atoms with Crippen molar-refractivity contribution in [2.75, 3.05) is 27.7 Å². The molecule has 2 N–H and O–H groups in total. The molecule has 0 amide bonds. The van der Waals surface area contributed by atoms with Crippen LogP contribution >= 0.6 is 11.3 Å². The molecular formula is C11H21N3O2S2. The highest BCUT2D eigenvalue weighted by molar-refractivity contribution is 7.91. The highest BCUT2D eigenvalue weighted by Crippen LogP contribution is 2.21. The first kappa shape index (κ1) is 15.6. The number of nitrogens with zero attached hydrogens (tertiary/aromatic N) is 1. The topological polar surface area (TPSA) is 61.4 Å². The molecule has 0 saturated carbocycles. The monoisotopic (exact) mass is 291 g/mol. The number of rotatable bonds is 7. The first-order valence-corrected chi connectivity index (χ1v) is 8.06. The fourth-order valence-corrected chi connectivity index (χ4v) is 3.79. The van der Waals surface area contributed by atoms with Crippen LogP contribution in [0.25, 0.3) is 0 Å². The summed E-state index contributed by atoms with van der Waals surface area (Å²) in [5, 5.41) is 3.00. The molecule has 0 aromatic carbocycles. The van der Waals surface area contributed by atoms with E-state index >= 15 is 0 Å². The fourth-order valence-electron chi connectivity index (χ4n) is 1.26. The lowest BCUT2D eigenvalue weighted by Crippen LogP contribution is -2.37. The molecule has 0 aliphatic carbocycles. The van der Waals surface area contributed by atoms with Crippen LogP contribution in [0.3, 0.4) is 0 Å². The van der Waals surface area contributed by atoms with Crippen molar-refractivity contribution in [2.45, 2.75) is 23.7 Å². The average Bonchev–Trinajstić information content (AvgIpc) is 2.75. The molecule has 0 aliphatic rings. The van der Waals surface area contributed by atoms with E-state index in [2.05, 4.69) is 10.0 Å². The van der Waals surface area contributed by atoms with E-state index in [0.717, 1.165) is 4.88 Å². The molecule has 1 heterocycles. The number of nitrogens with one attached hydrogen (secondary N) is 2. The molecule has 1 aromatic rings. The van der Waals surface area contributed by atoms with E-state index in [1.807, 2.05) is 39.0 Å². The van der Waals surface area contributed by atoms with Crippen molar-refractivity contribution >= 4 is 21.4 Å². The van der Waals surface area contributed by atoms with Gasteiger partial charge in [0.2, 0.25) is 10.0 Å². The van der Waals surface area contributed by atoms with Crippen LogP contribution in [0, 0.1) is 0 Å². The van der Waals surface area contributed by atoms with Crippen molar-refractivity contribution in [3.05, 3.63) is 17.0 Å². The minimum absolute atomic E-state index is 0.163. The number of hydrogen-bond acceptors (Lipinski definition) is 5. The second-order valence-electron chi connectivity index (χ2n) is 4.42. The van der Waals surface area contributed by atoms with Crippen LogP contribution < -0.4 is 10.0 Å². The summed E-state index contributed by atoms with van der Waals surface area (Å²) in [6.07, 6.45) is 0. The maximum absolute atomic E-state index is 12.0. The van der Waals surface area contributed by atoms with Crippen molar-refractivity contribution in [1.82, 2.24) is 14.9 Å². The van der Waals surface area contributed by atoms with Gasteiger partial charge in [-0.25, -0.2) is 13.1 Å². The quantitative estimate of drug-likeness (QED) is 0.776. The maximum atomic E-state index is 12.0. The maximum Gasteiger partial charge on any atom is 0.250 e. The Kier molecular flexibility index (Phi) is 5.74. The van der Waals surface area contributed by atoms with Crippen LogP contribution in [0.1, 0.15) is 11.8 Å². The van der Waals surface area contributed by atoms with Gasteiger partial charge in [-0.3, -0.25) is 0 Å². The predicted molar refractivity (Wildman–Crippen MR) is 75.4 cm³/mol. The molecule has 18 heavy (non-hydrogen) atoms. The van der Waals surface area contributed by atoms with E-state index < -0.39 is 10.0 Å². The summed E-state index contributed by atoms with van der Waals surface area (Å²) >= 11 is 1.30. The summed E-state index contributed by atoms with van der Waals surface area (Å²) in [4.78, 5) is 2.99. The van der Waals surface area contributed by atoms with Crippen LogP contribution in [-0.4, -0.2) is 47.0 Å². The Labute approximate surface area is 113 Å². The predicted octanol–water partition coefficient (Wildman–Crippen LogP) is 0.696. The molecular weight excluding hydrogens is 270 g/mol. The summed E-state index contributed by atoms with van der Waals surface area (Å²) in [6.45, 7) is 3.08. The van der Waals surface area contributed by atoms with Gasteiger partial charge in [-0.1, -0.05) is 0 Å². The molecule has 1 atom stereocenters. The van der Waals surface area contributed by atoms with Crippen molar-refractivity contribution in [3.63, 3.8) is 0 Å². The summed E-state index contributed by atoms with van der Waals surface area (Å²) in [6, 6.07) is 3.65. The van der Waals surface area contributed by atoms with E-state index in [1.54, 1.807) is 6.07 Å². The largest absolute Gasteiger partial charge is 0.315 e. The number of likely N-dealkylation sites (N-methyl/N-ethyl adjacent to an activating group) is 1. The smallest absolute Gasteiger partial charge is 0.250 e. The lowest BCUT2D eigenvalue weighted by molar-refractivity contribution is 0.314. The second kappa shape index (κ2) is 6.63. The fraction of sp³-hybridized carbons (Fsp3) is 0.636. The Hall–Kier alpha value is -0.470. The summed E-state index contributed by atoms with van der Waals surface area (Å²) in [7, 11) is 2.32. The van der Waals surface area contributed by atoms with Gasteiger partial charge >= 0.3 is 0 Å². The van der Waals surface area contributed by atoms with Crippen LogP contribution in [0.4, 0.5) is 0 Å². The molecule has 7 heteroatoms. The Morgan fingerprint density at radius 1 is 1.39 bits per heavy atom. The molecule has 0 radical (unpaired) electrons. The summed E-state index contributed by atoms with van der Waals surface area (Å²) in [5.74, 6) is 0. The number of hydrogen-bond donors (Lipinski definition) is 2. The van der Waals surface area contributed by atoms with Crippen LogP contribution in [0.2, 0.25) is 0 Å². The first-order chi connectivity index (χ1) is 8.36. The Morgan fingerprint density at radius 2 is 2.06 bits per heavy atom. The van der Waals surface area contributed by atoms with Gasteiger partial charge in [0, 0.05) is 24.0 Å². The van der Waals surface area contributed by atoms with Gasteiger partial charge in [0.05, 0.1) is 0 Å². The second-order valence-corrected chi connectivity index (χ2v) is 7.58. The summed E-state index contributed by atoms with van der Waals surface area (Å²) in [5.41, 5.74) is 0. The van der Waals surface area contributed by atoms with Crippen molar-refractivity contribution in [1.29, 1.82) is 0 Å². The molecule has 1 aromatic heterocycles. The normalized spacial score (nSPS) is 14.1. The Balaban J connectivity index is 2.68. The molecule has 0 saturated heterocycles. The first-order valence-electron chi connectivity index (χ1n) is 5.76. The van der Waals surface area contributed by atoms with Gasteiger partial charge < -0.3 is 10.2 Å². The number of thiophene rings is 1. The van der Waals surface area contributed by atoms with Crippen LogP contribution in [-0.2, 0) is 16.6 Å². The van der Waals surface area contributed by atoms with E-state index in [0.29, 0.717) is 17.3 Å². The Morgan fingerprint density at radius 3 is 2.61 bits per heavy atom. The van der Waals surface area contributed by atoms with Gasteiger partial charge in [0.25, 0.3) is 0 Å². The lowest BCUT2D eigenvalue weighted by atomic mass is 10.3. The molecule has 5 nitrogen and oxygen atoms in total. The SMILES string of the molecule is CNCc1ccc(S(=O)(=O)NCC(C)N(C)C)s1. The van der Waals surface area contributed by atoms with Crippen molar-refractivity contribution < 1.29 is 8.42 Å². The minimum Gasteiger partial charge on any atom is -0.315 e. The highest BCUT2D eigenvalue weighted by Gasteiger charge is 2.17. The zero-order chi connectivity index (χ0) is 13.8. The molecule has 0 spiro atoms. The molecule has 1 unspecified atom stereocenters. The molecule has 0 aliphatic heterocycles. The Bertz CT molecular complexity index is 468. The van der Waals surface area contributed by atoms with Gasteiger partial charge in [-0.2, -0.15) is 0 Å². The van der Waals surface area contributed by atoms with Gasteiger partial charge in [-0.15, -0.1) is 11.3 Å². The van der Waals surface area contributed by atoms with Gasteiger partial charge in [0.15, 0.2) is 0 Å². The zero-order valence-corrected chi connectivity index (χ0v) is 12.9. The van der Waals surface area contributed by atoms with Crippen LogP contribution in [0.15, 0.2) is 16.3 Å². The van der Waals surface area contributed by atoms with E-state index in [4.69, 9.17) is 0 Å². The third-order valence-corrected chi connectivity index (χ3v) is 5.70. The van der Waals surface area contributed by atoms with Crippen molar-refractivity contribution in [2.24, 2.45) is 0 Å². The van der Waals surface area contributed by atoms with Crippen LogP contribution in [0.5, 0.6) is 0 Å². The summed E-state index contributed by atoms with van der Waals surface area (Å²) < 4.78 is 27.1. The van der Waals surface area contributed by atoms with Gasteiger partial charge in [-0.05, 0) is 40.2 Å². The third kappa shape index (κ3) is 4.33. The molecule has 104 valence electrons. The highest BCUT2D eigenvalue weighted by atomic mass is 32.2.